The number of rotatable bonds is 0. The van der Waals surface area contributed by atoms with Crippen molar-refractivity contribution in [2.24, 2.45) is 0 Å². The molecule has 0 atom stereocenters. The van der Waals surface area contributed by atoms with Crippen molar-refractivity contribution in [1.29, 1.82) is 0 Å². The van der Waals surface area contributed by atoms with Crippen LogP contribution in [0, 0.1) is 6.92 Å². The molecule has 0 unspecified atom stereocenters. The van der Waals surface area contributed by atoms with E-state index in [0.29, 0.717) is 11.3 Å². The Morgan fingerprint density at radius 1 is 1.27 bits per heavy atom. The van der Waals surface area contributed by atoms with Crippen molar-refractivity contribution in [2.45, 2.75) is 37.5 Å². The molecule has 82 valence electrons. The Morgan fingerprint density at radius 2 is 1.93 bits per heavy atom. The molecule has 0 N–H and O–H groups in total. The van der Waals surface area contributed by atoms with Crippen molar-refractivity contribution in [1.82, 2.24) is 0 Å². The lowest BCUT2D eigenvalue weighted by molar-refractivity contribution is 0.472. The smallest absolute Gasteiger partial charge is 0.178 e. The van der Waals surface area contributed by atoms with Crippen LogP contribution in [0.15, 0.2) is 23.1 Å². The van der Waals surface area contributed by atoms with Crippen LogP contribution < -0.4 is 0 Å². The molecule has 0 aromatic heterocycles. The van der Waals surface area contributed by atoms with Crippen molar-refractivity contribution in [2.75, 3.05) is 5.75 Å². The van der Waals surface area contributed by atoms with Gasteiger partial charge in [-0.25, -0.2) is 8.42 Å². The average molecular weight is 224 g/mol. The minimum absolute atomic E-state index is 0.0212. The summed E-state index contributed by atoms with van der Waals surface area (Å²) < 4.78 is 24.0. The van der Waals surface area contributed by atoms with Crippen LogP contribution in [-0.2, 0) is 15.3 Å². The van der Waals surface area contributed by atoms with E-state index in [2.05, 4.69) is 13.8 Å². The maximum absolute atomic E-state index is 12.0. The van der Waals surface area contributed by atoms with Gasteiger partial charge in [0.25, 0.3) is 0 Å². The second kappa shape index (κ2) is 3.08. The summed E-state index contributed by atoms with van der Waals surface area (Å²) in [4.78, 5) is 0.571. The summed E-state index contributed by atoms with van der Waals surface area (Å²) in [7, 11) is -3.04. The molecular weight excluding hydrogens is 208 g/mol. The summed E-state index contributed by atoms with van der Waals surface area (Å²) in [6, 6.07) is 5.76. The second-order valence-corrected chi connectivity index (χ2v) is 6.95. The minimum Gasteiger partial charge on any atom is -0.224 e. The molecule has 1 aromatic rings. The van der Waals surface area contributed by atoms with Crippen LogP contribution in [0.3, 0.4) is 0 Å². The number of sulfone groups is 1. The molecule has 0 spiro atoms. The Hall–Kier alpha value is -0.830. The van der Waals surface area contributed by atoms with Gasteiger partial charge < -0.3 is 0 Å². The fourth-order valence-electron chi connectivity index (χ4n) is 2.22. The maximum atomic E-state index is 12.0. The highest BCUT2D eigenvalue weighted by atomic mass is 32.2. The third kappa shape index (κ3) is 1.59. The van der Waals surface area contributed by atoms with Gasteiger partial charge in [0.15, 0.2) is 9.84 Å². The van der Waals surface area contributed by atoms with Gasteiger partial charge in [0.05, 0.1) is 10.6 Å². The van der Waals surface area contributed by atoms with Crippen LogP contribution in [0.25, 0.3) is 0 Å². The van der Waals surface area contributed by atoms with Crippen LogP contribution in [0.5, 0.6) is 0 Å². The summed E-state index contributed by atoms with van der Waals surface area (Å²) in [5.41, 5.74) is 1.83. The van der Waals surface area contributed by atoms with E-state index in [-0.39, 0.29) is 11.2 Å². The Balaban J connectivity index is 2.82. The SMILES string of the molecule is Cc1cccc2c1S(=O)(=O)CCC2(C)C. The van der Waals surface area contributed by atoms with E-state index in [1.165, 1.54) is 0 Å². The van der Waals surface area contributed by atoms with Gasteiger partial charge in [0.2, 0.25) is 0 Å². The summed E-state index contributed by atoms with van der Waals surface area (Å²) >= 11 is 0. The number of aryl methyl sites for hydroxylation is 1. The van der Waals surface area contributed by atoms with Crippen LogP contribution in [0.1, 0.15) is 31.4 Å². The van der Waals surface area contributed by atoms with Crippen molar-refractivity contribution in [3.05, 3.63) is 29.3 Å². The normalized spacial score (nSPS) is 22.1. The number of benzene rings is 1. The molecule has 1 aliphatic heterocycles. The zero-order valence-electron chi connectivity index (χ0n) is 9.37. The van der Waals surface area contributed by atoms with Crippen molar-refractivity contribution in [3.63, 3.8) is 0 Å². The molecule has 1 aromatic carbocycles. The summed E-state index contributed by atoms with van der Waals surface area (Å²) in [5.74, 6) is 0.276. The molecule has 2 rings (SSSR count). The lowest BCUT2D eigenvalue weighted by Crippen LogP contribution is -2.30. The van der Waals surface area contributed by atoms with Gasteiger partial charge in [-0.15, -0.1) is 0 Å². The van der Waals surface area contributed by atoms with Gasteiger partial charge in [-0.05, 0) is 29.9 Å². The van der Waals surface area contributed by atoms with E-state index in [1.807, 2.05) is 25.1 Å². The summed E-state index contributed by atoms with van der Waals surface area (Å²) in [5, 5.41) is 0. The minimum atomic E-state index is -3.04. The van der Waals surface area contributed by atoms with Gasteiger partial charge in [0, 0.05) is 0 Å². The van der Waals surface area contributed by atoms with Crippen LogP contribution in [-0.4, -0.2) is 14.2 Å². The van der Waals surface area contributed by atoms with Gasteiger partial charge in [-0.1, -0.05) is 32.0 Å². The molecule has 3 heteroatoms. The predicted molar refractivity (Wildman–Crippen MR) is 60.9 cm³/mol. The first-order valence-electron chi connectivity index (χ1n) is 5.17. The number of hydrogen-bond donors (Lipinski definition) is 0. The van der Waals surface area contributed by atoms with Crippen LogP contribution in [0.4, 0.5) is 0 Å². The number of fused-ring (bicyclic) bond motifs is 1. The Kier molecular flexibility index (Phi) is 2.19. The standard InChI is InChI=1S/C12H16O2S/c1-9-5-4-6-10-11(9)15(13,14)8-7-12(10,2)3/h4-6H,7-8H2,1-3H3. The summed E-state index contributed by atoms with van der Waals surface area (Å²) in [6.07, 6.45) is 0.714. The van der Waals surface area contributed by atoms with Gasteiger partial charge in [0.1, 0.15) is 0 Å². The largest absolute Gasteiger partial charge is 0.224 e. The molecule has 0 aliphatic carbocycles. The Morgan fingerprint density at radius 3 is 2.53 bits per heavy atom. The predicted octanol–water partition coefficient (Wildman–Crippen LogP) is 2.45. The molecule has 1 aliphatic rings. The van der Waals surface area contributed by atoms with Crippen molar-refractivity contribution >= 4 is 9.84 Å². The second-order valence-electron chi connectivity index (χ2n) is 4.90. The van der Waals surface area contributed by atoms with Gasteiger partial charge in [-0.3, -0.25) is 0 Å². The molecular formula is C12H16O2S. The third-order valence-corrected chi connectivity index (χ3v) is 5.15. The Labute approximate surface area is 91.2 Å². The van der Waals surface area contributed by atoms with Gasteiger partial charge >= 0.3 is 0 Å². The molecule has 0 amide bonds. The van der Waals surface area contributed by atoms with Crippen molar-refractivity contribution in [3.8, 4) is 0 Å². The molecule has 1 heterocycles. The van der Waals surface area contributed by atoms with Crippen LogP contribution in [0.2, 0.25) is 0 Å². The quantitative estimate of drug-likeness (QED) is 0.678. The molecule has 2 nitrogen and oxygen atoms in total. The molecule has 15 heavy (non-hydrogen) atoms. The third-order valence-electron chi connectivity index (χ3n) is 3.25. The zero-order valence-corrected chi connectivity index (χ0v) is 10.2. The monoisotopic (exact) mass is 224 g/mol. The first-order chi connectivity index (χ1) is 6.84. The van der Waals surface area contributed by atoms with E-state index in [1.54, 1.807) is 0 Å². The van der Waals surface area contributed by atoms with Gasteiger partial charge in [-0.2, -0.15) is 0 Å². The fourth-order valence-corrected chi connectivity index (χ4v) is 4.45. The summed E-state index contributed by atoms with van der Waals surface area (Å²) in [6.45, 7) is 6.09. The first-order valence-corrected chi connectivity index (χ1v) is 6.83. The highest BCUT2D eigenvalue weighted by Crippen LogP contribution is 2.39. The number of hydrogen-bond acceptors (Lipinski definition) is 2. The average Bonchev–Trinajstić information content (AvgIpc) is 2.13. The van der Waals surface area contributed by atoms with E-state index < -0.39 is 9.84 Å². The van der Waals surface area contributed by atoms with E-state index in [9.17, 15) is 8.42 Å². The van der Waals surface area contributed by atoms with E-state index >= 15 is 0 Å². The highest BCUT2D eigenvalue weighted by Gasteiger charge is 2.36. The van der Waals surface area contributed by atoms with E-state index in [0.717, 1.165) is 11.1 Å². The molecule has 0 radical (unpaired) electrons. The van der Waals surface area contributed by atoms with Crippen LogP contribution >= 0.6 is 0 Å². The molecule has 0 fully saturated rings. The fraction of sp³-hybridized carbons (Fsp3) is 0.500. The lowest BCUT2D eigenvalue weighted by Gasteiger charge is -2.32. The van der Waals surface area contributed by atoms with E-state index in [4.69, 9.17) is 0 Å². The maximum Gasteiger partial charge on any atom is 0.178 e. The molecule has 0 bridgehead atoms. The topological polar surface area (TPSA) is 34.1 Å². The zero-order chi connectivity index (χ0) is 11.3. The lowest BCUT2D eigenvalue weighted by atomic mass is 9.81. The first kappa shape index (κ1) is 10.7. The Bertz CT molecular complexity index is 498. The highest BCUT2D eigenvalue weighted by molar-refractivity contribution is 7.91. The molecule has 0 saturated heterocycles. The molecule has 0 saturated carbocycles. The van der Waals surface area contributed by atoms with Crippen molar-refractivity contribution < 1.29 is 8.42 Å².